The summed E-state index contributed by atoms with van der Waals surface area (Å²) in [5, 5.41) is 7.43. The third kappa shape index (κ3) is 3.87. The molecular formula is C13H16Cl2N2O. The van der Waals surface area contributed by atoms with Crippen LogP contribution in [0.4, 0.5) is 0 Å². The Morgan fingerprint density at radius 1 is 1.22 bits per heavy atom. The highest BCUT2D eigenvalue weighted by atomic mass is 35.5. The van der Waals surface area contributed by atoms with E-state index in [9.17, 15) is 4.79 Å². The van der Waals surface area contributed by atoms with Gasteiger partial charge in [0.05, 0.1) is 0 Å². The molecule has 0 heterocycles. The molecule has 0 aliphatic heterocycles. The van der Waals surface area contributed by atoms with Crippen LogP contribution in [0, 0.1) is 5.92 Å². The summed E-state index contributed by atoms with van der Waals surface area (Å²) in [6, 6.07) is 5.46. The zero-order valence-electron chi connectivity index (χ0n) is 10.0. The molecule has 1 aromatic rings. The van der Waals surface area contributed by atoms with Gasteiger partial charge >= 0.3 is 0 Å². The average Bonchev–Trinajstić information content (AvgIpc) is 3.15. The lowest BCUT2D eigenvalue weighted by Crippen LogP contribution is -2.32. The van der Waals surface area contributed by atoms with Crippen molar-refractivity contribution in [1.82, 2.24) is 10.6 Å². The summed E-state index contributed by atoms with van der Waals surface area (Å²) in [7, 11) is 0. The zero-order chi connectivity index (χ0) is 13.0. The first-order valence-corrected chi connectivity index (χ1v) is 6.85. The summed E-state index contributed by atoms with van der Waals surface area (Å²) in [5.74, 6) is 0.440. The van der Waals surface area contributed by atoms with E-state index < -0.39 is 0 Å². The number of hydrogen-bond acceptors (Lipinski definition) is 2. The van der Waals surface area contributed by atoms with Gasteiger partial charge in [-0.15, -0.1) is 0 Å². The van der Waals surface area contributed by atoms with E-state index in [1.807, 2.05) is 18.2 Å². The Balaban J connectivity index is 1.67. The molecule has 0 atom stereocenters. The Morgan fingerprint density at radius 2 is 1.89 bits per heavy atom. The fourth-order valence-electron chi connectivity index (χ4n) is 1.68. The third-order valence-corrected chi connectivity index (χ3v) is 3.62. The van der Waals surface area contributed by atoms with Crippen LogP contribution in [0.25, 0.3) is 0 Å². The predicted octanol–water partition coefficient (Wildman–Crippen LogP) is 2.61. The number of rotatable bonds is 6. The molecular weight excluding hydrogens is 271 g/mol. The maximum absolute atomic E-state index is 11.4. The van der Waals surface area contributed by atoms with Crippen LogP contribution in [0.15, 0.2) is 18.2 Å². The summed E-state index contributed by atoms with van der Waals surface area (Å²) in [4.78, 5) is 11.4. The molecule has 1 aromatic carbocycles. The van der Waals surface area contributed by atoms with Crippen LogP contribution in [0.3, 0.4) is 0 Å². The van der Waals surface area contributed by atoms with Gasteiger partial charge in [-0.25, -0.2) is 0 Å². The summed E-state index contributed by atoms with van der Waals surface area (Å²) >= 11 is 12.1. The van der Waals surface area contributed by atoms with Crippen LogP contribution in [-0.2, 0) is 11.3 Å². The van der Waals surface area contributed by atoms with E-state index in [2.05, 4.69) is 10.6 Å². The van der Waals surface area contributed by atoms with E-state index in [1.54, 1.807) is 0 Å². The Bertz CT molecular complexity index is 413. The summed E-state index contributed by atoms with van der Waals surface area (Å²) in [6.07, 6.45) is 2.07. The Morgan fingerprint density at radius 3 is 2.50 bits per heavy atom. The maximum Gasteiger partial charge on any atom is 0.223 e. The van der Waals surface area contributed by atoms with Crippen molar-refractivity contribution in [2.45, 2.75) is 19.4 Å². The lowest BCUT2D eigenvalue weighted by atomic mass is 10.2. The smallest absolute Gasteiger partial charge is 0.223 e. The molecule has 1 aliphatic carbocycles. The van der Waals surface area contributed by atoms with Gasteiger partial charge in [-0.2, -0.15) is 0 Å². The van der Waals surface area contributed by atoms with E-state index >= 15 is 0 Å². The van der Waals surface area contributed by atoms with E-state index in [0.29, 0.717) is 29.7 Å². The second kappa shape index (κ2) is 6.41. The molecule has 5 heteroatoms. The molecule has 1 aliphatic rings. The fraction of sp³-hybridized carbons (Fsp3) is 0.462. The summed E-state index contributed by atoms with van der Waals surface area (Å²) in [5.41, 5.74) is 0.898. The average molecular weight is 287 g/mol. The lowest BCUT2D eigenvalue weighted by Gasteiger charge is -2.09. The van der Waals surface area contributed by atoms with Crippen LogP contribution in [0.1, 0.15) is 18.4 Å². The standard InChI is InChI=1S/C13H16Cl2N2O/c14-11-2-1-3-12(15)10(11)8-16-6-7-17-13(18)9-4-5-9/h1-3,9,16H,4-8H2,(H,17,18). The normalized spacial score (nSPS) is 14.6. The van der Waals surface area contributed by atoms with Gasteiger partial charge < -0.3 is 10.6 Å². The third-order valence-electron chi connectivity index (χ3n) is 2.91. The Kier molecular flexibility index (Phi) is 4.87. The van der Waals surface area contributed by atoms with E-state index in [0.717, 1.165) is 18.4 Å². The van der Waals surface area contributed by atoms with Gasteiger partial charge in [0.2, 0.25) is 5.91 Å². The van der Waals surface area contributed by atoms with Gasteiger partial charge in [0.15, 0.2) is 0 Å². The highest BCUT2D eigenvalue weighted by Gasteiger charge is 2.28. The number of benzene rings is 1. The van der Waals surface area contributed by atoms with Crippen LogP contribution in [0.5, 0.6) is 0 Å². The number of carbonyl (C=O) groups is 1. The monoisotopic (exact) mass is 286 g/mol. The number of halogens is 2. The van der Waals surface area contributed by atoms with Gasteiger partial charge in [-0.05, 0) is 25.0 Å². The summed E-state index contributed by atoms with van der Waals surface area (Å²) < 4.78 is 0. The van der Waals surface area contributed by atoms with Crippen LogP contribution < -0.4 is 10.6 Å². The van der Waals surface area contributed by atoms with E-state index in [1.165, 1.54) is 0 Å². The van der Waals surface area contributed by atoms with Gasteiger partial charge in [-0.1, -0.05) is 29.3 Å². The second-order valence-electron chi connectivity index (χ2n) is 4.44. The molecule has 3 nitrogen and oxygen atoms in total. The highest BCUT2D eigenvalue weighted by Crippen LogP contribution is 2.28. The molecule has 1 fully saturated rings. The van der Waals surface area contributed by atoms with Gasteiger partial charge in [0.1, 0.15) is 0 Å². The molecule has 0 saturated heterocycles. The SMILES string of the molecule is O=C(NCCNCc1c(Cl)cccc1Cl)C1CC1. The van der Waals surface area contributed by atoms with Crippen molar-refractivity contribution in [2.75, 3.05) is 13.1 Å². The van der Waals surface area contributed by atoms with Crippen LogP contribution >= 0.6 is 23.2 Å². The molecule has 1 saturated carbocycles. The maximum atomic E-state index is 11.4. The quantitative estimate of drug-likeness (QED) is 0.790. The number of amides is 1. The molecule has 98 valence electrons. The zero-order valence-corrected chi connectivity index (χ0v) is 11.5. The van der Waals surface area contributed by atoms with Crippen LogP contribution in [-0.4, -0.2) is 19.0 Å². The predicted molar refractivity (Wildman–Crippen MR) is 73.9 cm³/mol. The minimum atomic E-state index is 0.174. The number of hydrogen-bond donors (Lipinski definition) is 2. The van der Waals surface area contributed by atoms with Crippen molar-refractivity contribution in [3.63, 3.8) is 0 Å². The van der Waals surface area contributed by atoms with Gasteiger partial charge in [0, 0.05) is 41.2 Å². The Hall–Kier alpha value is -0.770. The number of nitrogens with one attached hydrogen (secondary N) is 2. The molecule has 0 aromatic heterocycles. The summed E-state index contributed by atoms with van der Waals surface area (Å²) in [6.45, 7) is 1.95. The van der Waals surface area contributed by atoms with Gasteiger partial charge in [0.25, 0.3) is 0 Å². The van der Waals surface area contributed by atoms with Gasteiger partial charge in [-0.3, -0.25) is 4.79 Å². The van der Waals surface area contributed by atoms with Crippen molar-refractivity contribution in [3.8, 4) is 0 Å². The first kappa shape index (κ1) is 13.7. The minimum absolute atomic E-state index is 0.174. The lowest BCUT2D eigenvalue weighted by molar-refractivity contribution is -0.122. The second-order valence-corrected chi connectivity index (χ2v) is 5.26. The van der Waals surface area contributed by atoms with E-state index in [-0.39, 0.29) is 11.8 Å². The van der Waals surface area contributed by atoms with Crippen molar-refractivity contribution in [2.24, 2.45) is 5.92 Å². The van der Waals surface area contributed by atoms with Crippen molar-refractivity contribution in [1.29, 1.82) is 0 Å². The molecule has 1 amide bonds. The fourth-order valence-corrected chi connectivity index (χ4v) is 2.21. The molecule has 2 rings (SSSR count). The topological polar surface area (TPSA) is 41.1 Å². The molecule has 18 heavy (non-hydrogen) atoms. The van der Waals surface area contributed by atoms with Crippen molar-refractivity contribution >= 4 is 29.1 Å². The first-order valence-electron chi connectivity index (χ1n) is 6.10. The molecule has 0 unspecified atom stereocenters. The van der Waals surface area contributed by atoms with Crippen molar-refractivity contribution in [3.05, 3.63) is 33.8 Å². The Labute approximate surface area is 117 Å². The van der Waals surface area contributed by atoms with Crippen LogP contribution in [0.2, 0.25) is 10.0 Å². The number of carbonyl (C=O) groups excluding carboxylic acids is 1. The molecule has 0 bridgehead atoms. The minimum Gasteiger partial charge on any atom is -0.355 e. The van der Waals surface area contributed by atoms with Crippen molar-refractivity contribution < 1.29 is 4.79 Å². The molecule has 0 spiro atoms. The molecule has 0 radical (unpaired) electrons. The first-order chi connectivity index (χ1) is 8.68. The van der Waals surface area contributed by atoms with E-state index in [4.69, 9.17) is 23.2 Å². The molecule has 2 N–H and O–H groups in total. The highest BCUT2D eigenvalue weighted by molar-refractivity contribution is 6.35. The largest absolute Gasteiger partial charge is 0.355 e.